The van der Waals surface area contributed by atoms with Crippen molar-refractivity contribution in [1.82, 2.24) is 19.2 Å². The first-order valence-corrected chi connectivity index (χ1v) is 11.0. The van der Waals surface area contributed by atoms with Crippen LogP contribution in [0.25, 0.3) is 5.65 Å². The molecule has 3 aromatic rings. The normalized spacial score (nSPS) is 18.4. The SMILES string of the molecule is O=c1c2nnc(C3CCOCC3)n2cc(Cc2ccc(F)cc2)n1CC1CCCC1. The zero-order valence-electron chi connectivity index (χ0n) is 17.1. The lowest BCUT2D eigenvalue weighted by molar-refractivity contribution is 0.0834. The molecule has 0 N–H and O–H groups in total. The summed E-state index contributed by atoms with van der Waals surface area (Å²) in [4.78, 5) is 13.4. The van der Waals surface area contributed by atoms with Gasteiger partial charge in [0, 0.05) is 44.0 Å². The van der Waals surface area contributed by atoms with E-state index in [2.05, 4.69) is 10.2 Å². The standard InChI is InChI=1S/C23H27FN4O2/c24-19-7-5-16(6-8-19)13-20-15-28-21(18-9-11-30-12-10-18)25-26-22(28)23(29)27(20)14-17-3-1-2-4-17/h5-8,15,17-18H,1-4,9-14H2. The second-order valence-electron chi connectivity index (χ2n) is 8.63. The molecule has 0 atom stereocenters. The second-order valence-corrected chi connectivity index (χ2v) is 8.63. The summed E-state index contributed by atoms with van der Waals surface area (Å²) in [5.74, 6) is 1.37. The molecule has 1 aliphatic heterocycles. The van der Waals surface area contributed by atoms with Gasteiger partial charge in [-0.1, -0.05) is 25.0 Å². The lowest BCUT2D eigenvalue weighted by Crippen LogP contribution is -2.29. The van der Waals surface area contributed by atoms with E-state index in [9.17, 15) is 9.18 Å². The van der Waals surface area contributed by atoms with Crippen LogP contribution in [0.5, 0.6) is 0 Å². The minimum atomic E-state index is -0.252. The highest BCUT2D eigenvalue weighted by atomic mass is 19.1. The largest absolute Gasteiger partial charge is 0.381 e. The fourth-order valence-corrected chi connectivity index (χ4v) is 4.88. The molecule has 30 heavy (non-hydrogen) atoms. The van der Waals surface area contributed by atoms with Crippen molar-refractivity contribution in [3.05, 3.63) is 63.7 Å². The Labute approximate surface area is 174 Å². The molecular formula is C23H27FN4O2. The predicted molar refractivity (Wildman–Crippen MR) is 111 cm³/mol. The zero-order valence-corrected chi connectivity index (χ0v) is 17.1. The van der Waals surface area contributed by atoms with E-state index in [0.717, 1.165) is 42.8 Å². The lowest BCUT2D eigenvalue weighted by Gasteiger charge is -2.21. The van der Waals surface area contributed by atoms with Crippen molar-refractivity contribution in [2.24, 2.45) is 5.92 Å². The molecule has 3 heterocycles. The van der Waals surface area contributed by atoms with Crippen molar-refractivity contribution in [2.75, 3.05) is 13.2 Å². The third-order valence-electron chi connectivity index (χ3n) is 6.58. The minimum Gasteiger partial charge on any atom is -0.381 e. The molecule has 0 bridgehead atoms. The van der Waals surface area contributed by atoms with Gasteiger partial charge in [-0.05, 0) is 49.3 Å². The van der Waals surface area contributed by atoms with Crippen LogP contribution in [0, 0.1) is 11.7 Å². The smallest absolute Gasteiger partial charge is 0.296 e. The molecule has 0 spiro atoms. The number of ether oxygens (including phenoxy) is 1. The molecule has 2 aliphatic rings. The average molecular weight is 410 g/mol. The van der Waals surface area contributed by atoms with Gasteiger partial charge in [0.2, 0.25) is 5.65 Å². The molecule has 7 heteroatoms. The van der Waals surface area contributed by atoms with E-state index < -0.39 is 0 Å². The number of aromatic nitrogens is 4. The van der Waals surface area contributed by atoms with Crippen molar-refractivity contribution in [2.45, 2.75) is 57.4 Å². The van der Waals surface area contributed by atoms with Crippen LogP contribution >= 0.6 is 0 Å². The predicted octanol–water partition coefficient (Wildman–Crippen LogP) is 3.71. The Hall–Kier alpha value is -2.54. The molecule has 0 radical (unpaired) electrons. The third-order valence-corrected chi connectivity index (χ3v) is 6.58. The number of benzene rings is 1. The topological polar surface area (TPSA) is 61.4 Å². The maximum Gasteiger partial charge on any atom is 0.296 e. The molecule has 1 aromatic carbocycles. The Kier molecular flexibility index (Phi) is 5.37. The molecule has 2 fully saturated rings. The quantitative estimate of drug-likeness (QED) is 0.643. The molecule has 158 valence electrons. The van der Waals surface area contributed by atoms with Gasteiger partial charge >= 0.3 is 0 Å². The summed E-state index contributed by atoms with van der Waals surface area (Å²) in [6.07, 6.45) is 9.16. The van der Waals surface area contributed by atoms with Crippen molar-refractivity contribution in [3.8, 4) is 0 Å². The number of nitrogens with zero attached hydrogens (tertiary/aromatic N) is 4. The maximum atomic E-state index is 13.4. The number of fused-ring (bicyclic) bond motifs is 1. The summed E-state index contributed by atoms with van der Waals surface area (Å²) >= 11 is 0. The van der Waals surface area contributed by atoms with E-state index in [0.29, 0.717) is 37.7 Å². The zero-order chi connectivity index (χ0) is 20.5. The first-order chi connectivity index (χ1) is 14.7. The molecule has 1 aliphatic carbocycles. The van der Waals surface area contributed by atoms with E-state index in [1.165, 1.54) is 25.0 Å². The van der Waals surface area contributed by atoms with Crippen LogP contribution in [0.15, 0.2) is 35.3 Å². The van der Waals surface area contributed by atoms with Crippen molar-refractivity contribution >= 4 is 5.65 Å². The highest BCUT2D eigenvalue weighted by Crippen LogP contribution is 2.28. The van der Waals surface area contributed by atoms with Gasteiger partial charge in [0.15, 0.2) is 0 Å². The molecule has 6 nitrogen and oxygen atoms in total. The van der Waals surface area contributed by atoms with E-state index in [4.69, 9.17) is 4.74 Å². The van der Waals surface area contributed by atoms with Crippen LogP contribution in [-0.4, -0.2) is 32.4 Å². The second kappa shape index (κ2) is 8.30. The van der Waals surface area contributed by atoms with Gasteiger partial charge in [-0.3, -0.25) is 9.20 Å². The highest BCUT2D eigenvalue weighted by molar-refractivity contribution is 5.38. The Bertz CT molecular complexity index is 1080. The van der Waals surface area contributed by atoms with E-state index in [1.54, 1.807) is 12.1 Å². The fraction of sp³-hybridized carbons (Fsp3) is 0.522. The van der Waals surface area contributed by atoms with Gasteiger partial charge in [0.25, 0.3) is 5.56 Å². The molecule has 0 unspecified atom stereocenters. The molecule has 5 rings (SSSR count). The van der Waals surface area contributed by atoms with Gasteiger partial charge in [-0.15, -0.1) is 10.2 Å². The van der Waals surface area contributed by atoms with Crippen LogP contribution in [-0.2, 0) is 17.7 Å². The summed E-state index contributed by atoms with van der Waals surface area (Å²) in [6.45, 7) is 2.13. The summed E-state index contributed by atoms with van der Waals surface area (Å²) in [6, 6.07) is 6.52. The van der Waals surface area contributed by atoms with Gasteiger partial charge in [0.05, 0.1) is 0 Å². The first kappa shape index (κ1) is 19.4. The van der Waals surface area contributed by atoms with Crippen molar-refractivity contribution in [3.63, 3.8) is 0 Å². The highest BCUT2D eigenvalue weighted by Gasteiger charge is 2.25. The maximum absolute atomic E-state index is 13.4. The Balaban J connectivity index is 1.58. The summed E-state index contributed by atoms with van der Waals surface area (Å²) in [5.41, 5.74) is 2.24. The van der Waals surface area contributed by atoms with Crippen LogP contribution in [0.4, 0.5) is 4.39 Å². The first-order valence-electron chi connectivity index (χ1n) is 11.0. The van der Waals surface area contributed by atoms with Crippen LogP contribution in [0.3, 0.4) is 0 Å². The Morgan fingerprint density at radius 2 is 1.77 bits per heavy atom. The van der Waals surface area contributed by atoms with Crippen molar-refractivity contribution in [1.29, 1.82) is 0 Å². The monoisotopic (exact) mass is 410 g/mol. The summed E-state index contributed by atoms with van der Waals surface area (Å²) in [5, 5.41) is 8.68. The van der Waals surface area contributed by atoms with Crippen LogP contribution < -0.4 is 5.56 Å². The van der Waals surface area contributed by atoms with Crippen molar-refractivity contribution < 1.29 is 9.13 Å². The Morgan fingerprint density at radius 3 is 2.50 bits per heavy atom. The van der Waals surface area contributed by atoms with Crippen LogP contribution in [0.1, 0.15) is 61.5 Å². The fourth-order valence-electron chi connectivity index (χ4n) is 4.88. The molecule has 1 saturated heterocycles. The van der Waals surface area contributed by atoms with Crippen LogP contribution in [0.2, 0.25) is 0 Å². The van der Waals surface area contributed by atoms with E-state index >= 15 is 0 Å². The number of halogens is 1. The molecular weight excluding hydrogens is 383 g/mol. The number of rotatable bonds is 5. The molecule has 0 amide bonds. The third kappa shape index (κ3) is 3.78. The molecule has 1 saturated carbocycles. The van der Waals surface area contributed by atoms with E-state index in [1.807, 2.05) is 15.2 Å². The average Bonchev–Trinajstić information content (AvgIpc) is 3.43. The lowest BCUT2D eigenvalue weighted by atomic mass is 9.99. The number of hydrogen-bond acceptors (Lipinski definition) is 4. The van der Waals surface area contributed by atoms with Gasteiger partial charge in [-0.25, -0.2) is 4.39 Å². The number of hydrogen-bond donors (Lipinski definition) is 0. The Morgan fingerprint density at radius 1 is 1.03 bits per heavy atom. The van der Waals surface area contributed by atoms with Gasteiger partial charge < -0.3 is 9.30 Å². The summed E-state index contributed by atoms with van der Waals surface area (Å²) in [7, 11) is 0. The minimum absolute atomic E-state index is 0.0766. The van der Waals surface area contributed by atoms with Gasteiger partial charge in [-0.2, -0.15) is 0 Å². The summed E-state index contributed by atoms with van der Waals surface area (Å²) < 4.78 is 22.6. The van der Waals surface area contributed by atoms with Gasteiger partial charge in [0.1, 0.15) is 11.6 Å². The molecule has 2 aromatic heterocycles. The van der Waals surface area contributed by atoms with E-state index in [-0.39, 0.29) is 17.3 Å².